The van der Waals surface area contributed by atoms with E-state index >= 15 is 0 Å². The number of carbonyl (C=O) groups is 3. The highest BCUT2D eigenvalue weighted by atomic mass is 16.5. The first kappa shape index (κ1) is 41.6. The minimum absolute atomic E-state index is 0.0417. The molecule has 12 heteroatoms. The summed E-state index contributed by atoms with van der Waals surface area (Å²) in [6.07, 6.45) is 6.19. The van der Waals surface area contributed by atoms with Gasteiger partial charge in [0, 0.05) is 50.5 Å². The fourth-order valence-electron chi connectivity index (χ4n) is 9.12. The lowest BCUT2D eigenvalue weighted by Crippen LogP contribution is -2.51. The van der Waals surface area contributed by atoms with Gasteiger partial charge < -0.3 is 29.6 Å². The van der Waals surface area contributed by atoms with E-state index in [1.165, 1.54) is 7.11 Å². The van der Waals surface area contributed by atoms with Crippen LogP contribution in [-0.2, 0) is 19.1 Å². The van der Waals surface area contributed by atoms with Crippen LogP contribution in [0.3, 0.4) is 0 Å². The third kappa shape index (κ3) is 8.60. The summed E-state index contributed by atoms with van der Waals surface area (Å²) >= 11 is 0. The molecule has 3 amide bonds. The quantitative estimate of drug-likeness (QED) is 0.130. The number of likely N-dealkylation sites (tertiary alicyclic amines) is 2. The average Bonchev–Trinajstić information content (AvgIpc) is 4.12. The first-order chi connectivity index (χ1) is 29.5. The molecule has 5 aromatic rings. The summed E-state index contributed by atoms with van der Waals surface area (Å²) in [5.41, 5.74) is 8.36. The topological polar surface area (TPSA) is 132 Å². The van der Waals surface area contributed by atoms with E-state index in [2.05, 4.69) is 71.0 Å². The molecule has 0 saturated carbocycles. The number of hydrogen-bond donors (Lipinski definition) is 2. The number of hydrogen-bond acceptors (Lipinski definition) is 8. The molecule has 4 aromatic carbocycles. The molecule has 2 saturated heterocycles. The minimum Gasteiger partial charge on any atom is -0.453 e. The van der Waals surface area contributed by atoms with Gasteiger partial charge in [0.2, 0.25) is 11.8 Å². The molecule has 316 valence electrons. The Morgan fingerprint density at radius 1 is 0.836 bits per heavy atom. The Balaban J connectivity index is 0.927. The van der Waals surface area contributed by atoms with E-state index in [1.807, 2.05) is 85.4 Å². The first-order valence-electron chi connectivity index (χ1n) is 21.2. The number of rotatable bonds is 12. The summed E-state index contributed by atoms with van der Waals surface area (Å²) in [5.74, 6) is 0.577. The fraction of sp³-hybridized carbons (Fsp3) is 0.367. The van der Waals surface area contributed by atoms with Crippen molar-refractivity contribution >= 4 is 40.0 Å². The van der Waals surface area contributed by atoms with Crippen LogP contribution in [0.4, 0.5) is 4.79 Å². The van der Waals surface area contributed by atoms with Crippen molar-refractivity contribution in [3.05, 3.63) is 120 Å². The van der Waals surface area contributed by atoms with Crippen molar-refractivity contribution < 1.29 is 23.9 Å². The maximum Gasteiger partial charge on any atom is 0.407 e. The number of aromatic nitrogens is 2. The van der Waals surface area contributed by atoms with Crippen molar-refractivity contribution in [1.82, 2.24) is 30.0 Å². The van der Waals surface area contributed by atoms with Gasteiger partial charge >= 0.3 is 6.09 Å². The maximum atomic E-state index is 14.2. The van der Waals surface area contributed by atoms with E-state index in [-0.39, 0.29) is 42.0 Å². The molecule has 5 atom stereocenters. The van der Waals surface area contributed by atoms with Gasteiger partial charge in [0.1, 0.15) is 17.9 Å². The van der Waals surface area contributed by atoms with Gasteiger partial charge in [-0.3, -0.25) is 19.5 Å². The highest BCUT2D eigenvalue weighted by molar-refractivity contribution is 6.04. The van der Waals surface area contributed by atoms with Crippen molar-refractivity contribution in [2.45, 2.75) is 69.8 Å². The molecular weight excluding hydrogens is 767 g/mol. The Kier molecular flexibility index (Phi) is 12.2. The summed E-state index contributed by atoms with van der Waals surface area (Å²) in [6, 6.07) is 30.1. The summed E-state index contributed by atoms with van der Waals surface area (Å²) in [5, 5.41) is 4.95. The van der Waals surface area contributed by atoms with Gasteiger partial charge in [-0.15, -0.1) is 0 Å². The maximum absolute atomic E-state index is 14.2. The number of allylic oxidation sites excluding steroid dienone is 1. The highest BCUT2D eigenvalue weighted by Gasteiger charge is 2.42. The predicted molar refractivity (Wildman–Crippen MR) is 239 cm³/mol. The van der Waals surface area contributed by atoms with Gasteiger partial charge in [0.25, 0.3) is 0 Å². The van der Waals surface area contributed by atoms with Crippen LogP contribution >= 0.6 is 0 Å². The Morgan fingerprint density at radius 2 is 1.52 bits per heavy atom. The highest BCUT2D eigenvalue weighted by Crippen LogP contribution is 2.36. The molecule has 0 bridgehead atoms. The number of nitrogens with one attached hydrogen (secondary N) is 2. The Bertz CT molecular complexity index is 2460. The lowest BCUT2D eigenvalue weighted by atomic mass is 9.95. The van der Waals surface area contributed by atoms with Gasteiger partial charge in [-0.1, -0.05) is 92.7 Å². The van der Waals surface area contributed by atoms with Crippen molar-refractivity contribution in [2.24, 2.45) is 10.9 Å². The molecular formula is C49H55N7O5. The predicted octanol–water partition coefficient (Wildman–Crippen LogP) is 8.05. The number of imidazole rings is 1. The number of nitrogens with zero attached hydrogens (tertiary/aromatic N) is 5. The molecule has 0 aliphatic carbocycles. The normalized spacial score (nSPS) is 20.0. The van der Waals surface area contributed by atoms with Crippen molar-refractivity contribution in [2.75, 3.05) is 41.4 Å². The number of carbonyl (C=O) groups excluding carboxylic acids is 3. The van der Waals surface area contributed by atoms with Gasteiger partial charge in [-0.2, -0.15) is 0 Å². The largest absolute Gasteiger partial charge is 0.453 e. The molecule has 0 radical (unpaired) electrons. The smallest absolute Gasteiger partial charge is 0.407 e. The number of likely N-dealkylation sites (N-methyl/N-ethyl adjacent to an activating group) is 1. The Labute approximate surface area is 357 Å². The summed E-state index contributed by atoms with van der Waals surface area (Å²) in [7, 11) is 6.92. The second-order valence-electron chi connectivity index (χ2n) is 16.9. The third-order valence-corrected chi connectivity index (χ3v) is 12.5. The third-order valence-electron chi connectivity index (χ3n) is 12.5. The molecule has 3 aliphatic heterocycles. The second kappa shape index (κ2) is 17.9. The Morgan fingerprint density at radius 3 is 2.21 bits per heavy atom. The molecule has 3 aliphatic rings. The summed E-state index contributed by atoms with van der Waals surface area (Å²) in [6.45, 7) is 4.97. The number of benzene rings is 4. The lowest BCUT2D eigenvalue weighted by molar-refractivity contribution is -0.137. The second-order valence-corrected chi connectivity index (χ2v) is 16.9. The number of H-pyrrole nitrogens is 1. The van der Waals surface area contributed by atoms with Gasteiger partial charge in [-0.05, 0) is 83.6 Å². The van der Waals surface area contributed by atoms with Crippen LogP contribution in [0.25, 0.3) is 38.7 Å². The average molecular weight is 822 g/mol. The number of aliphatic imine (C=N–C) groups is 1. The van der Waals surface area contributed by atoms with Crippen LogP contribution < -0.4 is 5.32 Å². The molecule has 8 rings (SSSR count). The van der Waals surface area contributed by atoms with E-state index < -0.39 is 12.1 Å². The zero-order valence-corrected chi connectivity index (χ0v) is 35.8. The zero-order valence-electron chi connectivity index (χ0n) is 35.8. The van der Waals surface area contributed by atoms with Crippen molar-refractivity contribution in [1.29, 1.82) is 0 Å². The monoisotopic (exact) mass is 821 g/mol. The number of fused-ring (bicyclic) bond motifs is 1. The van der Waals surface area contributed by atoms with Crippen LogP contribution in [0.2, 0.25) is 0 Å². The van der Waals surface area contributed by atoms with Crippen molar-refractivity contribution in [3.8, 4) is 22.4 Å². The van der Waals surface area contributed by atoms with Gasteiger partial charge in [0.15, 0.2) is 0 Å². The van der Waals surface area contributed by atoms with Crippen LogP contribution in [-0.4, -0.2) is 108 Å². The van der Waals surface area contributed by atoms with E-state index in [4.69, 9.17) is 19.5 Å². The minimum atomic E-state index is -0.682. The molecule has 2 fully saturated rings. The number of alkyl carbamates (subject to hydrolysis) is 1. The zero-order chi connectivity index (χ0) is 42.8. The number of methoxy groups -OCH3 is 2. The first-order valence-corrected chi connectivity index (χ1v) is 21.2. The van der Waals surface area contributed by atoms with E-state index in [1.54, 1.807) is 7.11 Å². The summed E-state index contributed by atoms with van der Waals surface area (Å²) in [4.78, 5) is 58.7. The molecule has 1 aromatic heterocycles. The number of amides is 3. The number of aromatic amines is 1. The van der Waals surface area contributed by atoms with Crippen LogP contribution in [0.5, 0.6) is 0 Å². The standard InChI is InChI=1S/C49H55N7O5/c1-30(2)44(53-49(59)61-6)47(57)55-22-10-13-42(55)46-51-28-41(52-46)37-21-20-35-23-34(18-19-36(35)24-37)31-14-16-32(17-15-31)38-25-40(50-27-38)43-26-39(60-5)29-56(43)48(58)45(54(3)4)33-11-8-7-9-12-33/h7-9,11-12,14-21,23-24,27-28,30,39,42-45H,10,13,22,25-26,29H2,1-6H3,(H,51,52)(H,53,59)/t39-,42-,43-,44-,45+/m0/s1. The summed E-state index contributed by atoms with van der Waals surface area (Å²) < 4.78 is 10.6. The van der Waals surface area contributed by atoms with E-state index in [9.17, 15) is 14.4 Å². The molecule has 12 nitrogen and oxygen atoms in total. The van der Waals surface area contributed by atoms with Gasteiger partial charge in [-0.25, -0.2) is 9.78 Å². The molecule has 0 spiro atoms. The molecule has 2 N–H and O–H groups in total. The van der Waals surface area contributed by atoms with Crippen molar-refractivity contribution in [3.63, 3.8) is 0 Å². The van der Waals surface area contributed by atoms with Gasteiger partial charge in [0.05, 0.1) is 37.2 Å². The fourth-order valence-corrected chi connectivity index (χ4v) is 9.12. The lowest BCUT2D eigenvalue weighted by Gasteiger charge is -2.32. The molecule has 4 heterocycles. The van der Waals surface area contributed by atoms with E-state index in [0.29, 0.717) is 19.5 Å². The molecule has 0 unspecified atom stereocenters. The number of ether oxygens (including phenoxy) is 2. The van der Waals surface area contributed by atoms with Crippen LogP contribution in [0, 0.1) is 5.92 Å². The Hall–Kier alpha value is -6.11. The SMILES string of the molecule is COC(=O)N[C@H](C(=O)N1CCC[C@H]1c1ncc(-c2ccc3cc(-c4ccc(C5=CN=C([C@@H]6C[C@H](OC)CN6C(=O)[C@@H](c6ccccc6)N(C)C)C5)cc4)ccc3c2)[nH]1)C(C)C. The van der Waals surface area contributed by atoms with Crippen LogP contribution in [0.15, 0.2) is 108 Å². The molecule has 61 heavy (non-hydrogen) atoms. The van der Waals surface area contributed by atoms with E-state index in [0.717, 1.165) is 80.7 Å². The van der Waals surface area contributed by atoms with Crippen LogP contribution in [0.1, 0.15) is 68.6 Å².